The van der Waals surface area contributed by atoms with Gasteiger partial charge in [0.05, 0.1) is 11.4 Å². The van der Waals surface area contributed by atoms with Gasteiger partial charge in [-0.3, -0.25) is 4.79 Å². The average molecular weight is 294 g/mol. The van der Waals surface area contributed by atoms with Crippen LogP contribution in [0.3, 0.4) is 0 Å². The molecule has 0 spiro atoms. The third kappa shape index (κ3) is 2.95. The van der Waals surface area contributed by atoms with E-state index in [2.05, 4.69) is 10.6 Å². The lowest BCUT2D eigenvalue weighted by Crippen LogP contribution is -2.59. The minimum Gasteiger partial charge on any atom is -0.384 e. The summed E-state index contributed by atoms with van der Waals surface area (Å²) in [6.45, 7) is 3.88. The molecule has 4 N–H and O–H groups in total. The van der Waals surface area contributed by atoms with Crippen LogP contribution < -0.4 is 21.3 Å². The van der Waals surface area contributed by atoms with Crippen LogP contribution in [0.4, 0.5) is 15.8 Å². The number of para-hydroxylation sites is 1. The van der Waals surface area contributed by atoms with Gasteiger partial charge >= 0.3 is 0 Å². The summed E-state index contributed by atoms with van der Waals surface area (Å²) in [6.07, 6.45) is 1.14. The summed E-state index contributed by atoms with van der Waals surface area (Å²) in [4.78, 5) is 13.6. The van der Waals surface area contributed by atoms with E-state index < -0.39 is 5.54 Å². The van der Waals surface area contributed by atoms with Crippen molar-refractivity contribution < 1.29 is 9.18 Å². The maximum Gasteiger partial charge on any atom is 0.237 e. The van der Waals surface area contributed by atoms with E-state index in [-0.39, 0.29) is 11.7 Å². The smallest absolute Gasteiger partial charge is 0.237 e. The van der Waals surface area contributed by atoms with Gasteiger partial charge in [0.25, 0.3) is 0 Å². The van der Waals surface area contributed by atoms with Crippen LogP contribution in [-0.4, -0.2) is 38.1 Å². The number of halogens is 1. The molecular formula is C15H23FN4O. The number of carbonyl (C=O) groups excluding carboxylic acids is 1. The van der Waals surface area contributed by atoms with E-state index in [0.29, 0.717) is 31.6 Å². The number of nitrogens with zero attached hydrogens (tertiary/aromatic N) is 1. The van der Waals surface area contributed by atoms with E-state index in [0.717, 1.165) is 12.2 Å². The van der Waals surface area contributed by atoms with E-state index in [1.165, 1.54) is 6.07 Å². The SMILES string of the molecule is CCNc1cccc(F)c1N1CCC(NC)(C(N)=O)CC1. The Labute approximate surface area is 124 Å². The van der Waals surface area contributed by atoms with Crippen LogP contribution in [0.25, 0.3) is 0 Å². The number of nitrogens with two attached hydrogens (primary N) is 1. The normalized spacial score (nSPS) is 17.6. The zero-order valence-corrected chi connectivity index (χ0v) is 12.6. The molecule has 1 heterocycles. The lowest BCUT2D eigenvalue weighted by molar-refractivity contribution is -0.125. The summed E-state index contributed by atoms with van der Waals surface area (Å²) in [5, 5.41) is 6.22. The van der Waals surface area contributed by atoms with Crippen molar-refractivity contribution in [2.75, 3.05) is 36.9 Å². The van der Waals surface area contributed by atoms with Gasteiger partial charge in [0.1, 0.15) is 11.4 Å². The number of piperidine rings is 1. The monoisotopic (exact) mass is 294 g/mol. The van der Waals surface area contributed by atoms with Crippen molar-refractivity contribution in [1.82, 2.24) is 5.32 Å². The Kier molecular flexibility index (Phi) is 4.67. The fourth-order valence-corrected chi connectivity index (χ4v) is 2.90. The number of hydrogen-bond donors (Lipinski definition) is 3. The largest absolute Gasteiger partial charge is 0.384 e. The van der Waals surface area contributed by atoms with Crippen molar-refractivity contribution in [2.45, 2.75) is 25.3 Å². The Morgan fingerprint density at radius 3 is 2.62 bits per heavy atom. The Balaban J connectivity index is 2.21. The van der Waals surface area contributed by atoms with Crippen LogP contribution in [0.2, 0.25) is 0 Å². The number of anilines is 2. The van der Waals surface area contributed by atoms with Gasteiger partial charge in [-0.15, -0.1) is 0 Å². The maximum atomic E-state index is 14.2. The molecule has 0 radical (unpaired) electrons. The van der Waals surface area contributed by atoms with Gasteiger partial charge in [0.2, 0.25) is 5.91 Å². The average Bonchev–Trinajstić information content (AvgIpc) is 2.48. The number of benzene rings is 1. The minimum absolute atomic E-state index is 0.246. The molecule has 6 heteroatoms. The molecular weight excluding hydrogens is 271 g/mol. The summed E-state index contributed by atoms with van der Waals surface area (Å²) in [6, 6.07) is 5.03. The molecule has 21 heavy (non-hydrogen) atoms. The summed E-state index contributed by atoms with van der Waals surface area (Å²) < 4.78 is 14.2. The van der Waals surface area contributed by atoms with Crippen LogP contribution >= 0.6 is 0 Å². The molecule has 5 nitrogen and oxygen atoms in total. The molecule has 1 fully saturated rings. The molecule has 0 atom stereocenters. The van der Waals surface area contributed by atoms with Gasteiger partial charge in [0, 0.05) is 19.6 Å². The second-order valence-corrected chi connectivity index (χ2v) is 5.35. The third-order valence-electron chi connectivity index (χ3n) is 4.24. The van der Waals surface area contributed by atoms with Gasteiger partial charge in [0.15, 0.2) is 0 Å². The topological polar surface area (TPSA) is 70.4 Å². The molecule has 1 amide bonds. The third-order valence-corrected chi connectivity index (χ3v) is 4.24. The van der Waals surface area contributed by atoms with Gasteiger partial charge in [-0.25, -0.2) is 4.39 Å². The molecule has 1 saturated heterocycles. The Bertz CT molecular complexity index is 512. The van der Waals surface area contributed by atoms with Crippen LogP contribution in [0, 0.1) is 5.82 Å². The molecule has 1 aromatic carbocycles. The number of hydrogen-bond acceptors (Lipinski definition) is 4. The first-order valence-electron chi connectivity index (χ1n) is 7.30. The highest BCUT2D eigenvalue weighted by atomic mass is 19.1. The molecule has 0 aliphatic carbocycles. The van der Waals surface area contributed by atoms with Gasteiger partial charge in [-0.05, 0) is 38.9 Å². The fourth-order valence-electron chi connectivity index (χ4n) is 2.90. The highest BCUT2D eigenvalue weighted by Gasteiger charge is 2.39. The Hall–Kier alpha value is -1.82. The number of amides is 1. The lowest BCUT2D eigenvalue weighted by Gasteiger charge is -2.41. The quantitative estimate of drug-likeness (QED) is 0.765. The van der Waals surface area contributed by atoms with Crippen LogP contribution in [0.5, 0.6) is 0 Å². The van der Waals surface area contributed by atoms with Crippen LogP contribution in [0.15, 0.2) is 18.2 Å². The van der Waals surface area contributed by atoms with E-state index >= 15 is 0 Å². The van der Waals surface area contributed by atoms with Gasteiger partial charge in [-0.1, -0.05) is 6.07 Å². The first-order valence-corrected chi connectivity index (χ1v) is 7.30. The number of likely N-dealkylation sites (N-methyl/N-ethyl adjacent to an activating group) is 1. The molecule has 1 aliphatic rings. The molecule has 116 valence electrons. The van der Waals surface area contributed by atoms with E-state index in [1.807, 2.05) is 17.9 Å². The molecule has 2 rings (SSSR count). The van der Waals surface area contributed by atoms with Gasteiger partial charge < -0.3 is 21.3 Å². The Morgan fingerprint density at radius 1 is 1.43 bits per heavy atom. The second-order valence-electron chi connectivity index (χ2n) is 5.35. The fraction of sp³-hybridized carbons (Fsp3) is 0.533. The zero-order valence-electron chi connectivity index (χ0n) is 12.6. The summed E-state index contributed by atoms with van der Waals surface area (Å²) >= 11 is 0. The predicted octanol–water partition coefficient (Wildman–Crippen LogP) is 1.30. The van der Waals surface area contributed by atoms with Crippen molar-refractivity contribution in [3.05, 3.63) is 24.0 Å². The molecule has 0 aromatic heterocycles. The minimum atomic E-state index is -0.680. The summed E-state index contributed by atoms with van der Waals surface area (Å²) in [7, 11) is 1.74. The highest BCUT2D eigenvalue weighted by Crippen LogP contribution is 2.33. The van der Waals surface area contributed by atoms with Crippen molar-refractivity contribution in [2.24, 2.45) is 5.73 Å². The van der Waals surface area contributed by atoms with Gasteiger partial charge in [-0.2, -0.15) is 0 Å². The number of nitrogens with one attached hydrogen (secondary N) is 2. The van der Waals surface area contributed by atoms with E-state index in [9.17, 15) is 9.18 Å². The standard InChI is InChI=1S/C15H23FN4O/c1-3-19-12-6-4-5-11(16)13(12)20-9-7-15(18-2,8-10-20)14(17)21/h4-6,18-19H,3,7-10H2,1-2H3,(H2,17,21). The van der Waals surface area contributed by atoms with Crippen molar-refractivity contribution in [3.63, 3.8) is 0 Å². The maximum absolute atomic E-state index is 14.2. The highest BCUT2D eigenvalue weighted by molar-refractivity contribution is 5.85. The zero-order chi connectivity index (χ0) is 15.5. The molecule has 0 bridgehead atoms. The number of rotatable bonds is 5. The molecule has 1 aromatic rings. The summed E-state index contributed by atoms with van der Waals surface area (Å²) in [5.74, 6) is -0.588. The lowest BCUT2D eigenvalue weighted by atomic mass is 9.86. The Morgan fingerprint density at radius 2 is 2.10 bits per heavy atom. The van der Waals surface area contributed by atoms with Crippen molar-refractivity contribution in [1.29, 1.82) is 0 Å². The van der Waals surface area contributed by atoms with Crippen LogP contribution in [-0.2, 0) is 4.79 Å². The first kappa shape index (κ1) is 15.6. The number of carbonyl (C=O) groups is 1. The van der Waals surface area contributed by atoms with Crippen molar-refractivity contribution in [3.8, 4) is 0 Å². The second kappa shape index (κ2) is 6.30. The van der Waals surface area contributed by atoms with Crippen molar-refractivity contribution >= 4 is 17.3 Å². The molecule has 1 aliphatic heterocycles. The first-order chi connectivity index (χ1) is 10.0. The van der Waals surface area contributed by atoms with E-state index in [1.54, 1.807) is 13.1 Å². The predicted molar refractivity (Wildman–Crippen MR) is 83.0 cm³/mol. The number of primary amides is 1. The molecule has 0 unspecified atom stereocenters. The van der Waals surface area contributed by atoms with E-state index in [4.69, 9.17) is 5.73 Å². The summed E-state index contributed by atoms with van der Waals surface area (Å²) in [5.41, 5.74) is 6.18. The van der Waals surface area contributed by atoms with Crippen LogP contribution in [0.1, 0.15) is 19.8 Å². The molecule has 0 saturated carbocycles.